The Bertz CT molecular complexity index is 762. The molecule has 2 aromatic rings. The van der Waals surface area contributed by atoms with Crippen LogP contribution in [-0.4, -0.2) is 29.5 Å². The predicted molar refractivity (Wildman–Crippen MR) is 92.3 cm³/mol. The highest BCUT2D eigenvalue weighted by molar-refractivity contribution is 7.98. The molecule has 0 aromatic heterocycles. The van der Waals surface area contributed by atoms with Gasteiger partial charge in [0.15, 0.2) is 0 Å². The summed E-state index contributed by atoms with van der Waals surface area (Å²) in [6, 6.07) is 12.6. The lowest BCUT2D eigenvalue weighted by Gasteiger charge is -2.07. The molecular formula is C16H15N3O4S. The summed E-state index contributed by atoms with van der Waals surface area (Å²) >= 11 is 1.59. The van der Waals surface area contributed by atoms with E-state index in [9.17, 15) is 19.7 Å². The summed E-state index contributed by atoms with van der Waals surface area (Å²) in [4.78, 5) is 35.0. The first-order valence-electron chi connectivity index (χ1n) is 6.96. The molecule has 2 amide bonds. The molecule has 0 radical (unpaired) electrons. The number of nitrogens with zero attached hydrogens (tertiary/aromatic N) is 1. The fourth-order valence-corrected chi connectivity index (χ4v) is 2.31. The third-order valence-electron chi connectivity index (χ3n) is 3.10. The van der Waals surface area contributed by atoms with Gasteiger partial charge in [0, 0.05) is 28.3 Å². The number of hydrogen-bond donors (Lipinski definition) is 2. The monoisotopic (exact) mass is 345 g/mol. The third kappa shape index (κ3) is 4.82. The number of benzene rings is 2. The van der Waals surface area contributed by atoms with Crippen LogP contribution in [0.1, 0.15) is 10.4 Å². The fraction of sp³-hybridized carbons (Fsp3) is 0.125. The van der Waals surface area contributed by atoms with Crippen molar-refractivity contribution < 1.29 is 14.5 Å². The lowest BCUT2D eigenvalue weighted by molar-refractivity contribution is -0.384. The Morgan fingerprint density at radius 3 is 2.50 bits per heavy atom. The van der Waals surface area contributed by atoms with Gasteiger partial charge in [-0.3, -0.25) is 19.7 Å². The van der Waals surface area contributed by atoms with Crippen LogP contribution in [0.2, 0.25) is 0 Å². The van der Waals surface area contributed by atoms with Gasteiger partial charge in [-0.2, -0.15) is 0 Å². The average Bonchev–Trinajstić information content (AvgIpc) is 2.60. The molecule has 2 rings (SSSR count). The number of non-ortho nitro benzene ring substituents is 1. The molecule has 0 aliphatic heterocycles. The second-order valence-electron chi connectivity index (χ2n) is 4.77. The Kier molecular flexibility index (Phi) is 5.91. The molecule has 8 heteroatoms. The molecule has 0 atom stereocenters. The molecule has 2 N–H and O–H groups in total. The molecule has 0 aliphatic carbocycles. The van der Waals surface area contributed by atoms with Gasteiger partial charge in [-0.15, -0.1) is 11.8 Å². The van der Waals surface area contributed by atoms with Gasteiger partial charge in [0.05, 0.1) is 11.5 Å². The first-order valence-corrected chi connectivity index (χ1v) is 8.18. The average molecular weight is 345 g/mol. The van der Waals surface area contributed by atoms with Crippen LogP contribution in [-0.2, 0) is 4.79 Å². The summed E-state index contributed by atoms with van der Waals surface area (Å²) in [5.74, 6) is -0.933. The number of anilines is 1. The SMILES string of the molecule is CSc1ccc(NC(=O)CNC(=O)c2cccc([N+](=O)[O-])c2)cc1. The van der Waals surface area contributed by atoms with E-state index in [4.69, 9.17) is 0 Å². The summed E-state index contributed by atoms with van der Waals surface area (Å²) in [7, 11) is 0. The Morgan fingerprint density at radius 2 is 1.88 bits per heavy atom. The highest BCUT2D eigenvalue weighted by Crippen LogP contribution is 2.17. The fourth-order valence-electron chi connectivity index (χ4n) is 1.90. The van der Waals surface area contributed by atoms with Crippen molar-refractivity contribution in [3.63, 3.8) is 0 Å². The number of nitro benzene ring substituents is 1. The van der Waals surface area contributed by atoms with Gasteiger partial charge in [0.1, 0.15) is 0 Å². The largest absolute Gasteiger partial charge is 0.343 e. The minimum Gasteiger partial charge on any atom is -0.343 e. The zero-order valence-corrected chi connectivity index (χ0v) is 13.6. The van der Waals surface area contributed by atoms with Crippen LogP contribution in [0, 0.1) is 10.1 Å². The van der Waals surface area contributed by atoms with Crippen molar-refractivity contribution in [2.45, 2.75) is 4.90 Å². The molecular weight excluding hydrogens is 330 g/mol. The van der Waals surface area contributed by atoms with Crippen LogP contribution >= 0.6 is 11.8 Å². The lowest BCUT2D eigenvalue weighted by atomic mass is 10.2. The van der Waals surface area contributed by atoms with Gasteiger partial charge in [0.2, 0.25) is 5.91 Å². The number of amides is 2. The summed E-state index contributed by atoms with van der Waals surface area (Å²) < 4.78 is 0. The molecule has 124 valence electrons. The van der Waals surface area contributed by atoms with Crippen molar-refractivity contribution >= 4 is 35.0 Å². The van der Waals surface area contributed by atoms with Crippen LogP contribution < -0.4 is 10.6 Å². The Hall–Kier alpha value is -2.87. The maximum Gasteiger partial charge on any atom is 0.270 e. The molecule has 0 fully saturated rings. The van der Waals surface area contributed by atoms with E-state index in [1.165, 1.54) is 18.2 Å². The zero-order valence-electron chi connectivity index (χ0n) is 12.8. The molecule has 0 bridgehead atoms. The van der Waals surface area contributed by atoms with Crippen LogP contribution in [0.3, 0.4) is 0 Å². The second kappa shape index (κ2) is 8.11. The molecule has 24 heavy (non-hydrogen) atoms. The minimum absolute atomic E-state index is 0.126. The lowest BCUT2D eigenvalue weighted by Crippen LogP contribution is -2.32. The Morgan fingerprint density at radius 1 is 1.17 bits per heavy atom. The number of hydrogen-bond acceptors (Lipinski definition) is 5. The summed E-state index contributed by atoms with van der Waals surface area (Å²) in [6.07, 6.45) is 1.96. The molecule has 0 saturated carbocycles. The summed E-state index contributed by atoms with van der Waals surface area (Å²) in [5.41, 5.74) is 0.574. The third-order valence-corrected chi connectivity index (χ3v) is 3.85. The van der Waals surface area contributed by atoms with Crippen molar-refractivity contribution in [3.8, 4) is 0 Å². The standard InChI is InChI=1S/C16H15N3O4S/c1-24-14-7-5-12(6-8-14)18-15(20)10-17-16(21)11-3-2-4-13(9-11)19(22)23/h2-9H,10H2,1H3,(H,17,21)(H,18,20). The first kappa shape index (κ1) is 17.5. The van der Waals surface area contributed by atoms with E-state index in [-0.39, 0.29) is 23.7 Å². The molecule has 0 saturated heterocycles. The Labute approximate surface area is 142 Å². The van der Waals surface area contributed by atoms with Crippen molar-refractivity contribution in [1.82, 2.24) is 5.32 Å². The topological polar surface area (TPSA) is 101 Å². The molecule has 0 unspecified atom stereocenters. The number of thioether (sulfide) groups is 1. The number of rotatable bonds is 6. The van der Waals surface area contributed by atoms with E-state index in [0.29, 0.717) is 5.69 Å². The van der Waals surface area contributed by atoms with Gasteiger partial charge in [-0.25, -0.2) is 0 Å². The van der Waals surface area contributed by atoms with Crippen molar-refractivity contribution in [2.75, 3.05) is 18.1 Å². The van der Waals surface area contributed by atoms with Crippen LogP contribution in [0.5, 0.6) is 0 Å². The van der Waals surface area contributed by atoms with Crippen molar-refractivity contribution in [1.29, 1.82) is 0 Å². The zero-order chi connectivity index (χ0) is 17.5. The minimum atomic E-state index is -0.582. The summed E-state index contributed by atoms with van der Waals surface area (Å²) in [5, 5.41) is 15.8. The van der Waals surface area contributed by atoms with Crippen LogP contribution in [0.15, 0.2) is 53.4 Å². The molecule has 0 aliphatic rings. The quantitative estimate of drug-likeness (QED) is 0.476. The normalized spacial score (nSPS) is 10.0. The number of nitrogens with one attached hydrogen (secondary N) is 2. The van der Waals surface area contributed by atoms with E-state index >= 15 is 0 Å². The molecule has 0 spiro atoms. The highest BCUT2D eigenvalue weighted by Gasteiger charge is 2.12. The van der Waals surface area contributed by atoms with E-state index in [1.807, 2.05) is 18.4 Å². The first-order chi connectivity index (χ1) is 11.5. The maximum atomic E-state index is 11.9. The van der Waals surface area contributed by atoms with Gasteiger partial charge >= 0.3 is 0 Å². The number of carbonyl (C=O) groups excluding carboxylic acids is 2. The second-order valence-corrected chi connectivity index (χ2v) is 5.65. The Balaban J connectivity index is 1.89. The number of carbonyl (C=O) groups is 2. The van der Waals surface area contributed by atoms with Crippen molar-refractivity contribution in [3.05, 3.63) is 64.2 Å². The van der Waals surface area contributed by atoms with Gasteiger partial charge in [0.25, 0.3) is 11.6 Å². The van der Waals surface area contributed by atoms with Gasteiger partial charge in [-0.1, -0.05) is 6.07 Å². The van der Waals surface area contributed by atoms with Crippen molar-refractivity contribution in [2.24, 2.45) is 0 Å². The van der Waals surface area contributed by atoms with Gasteiger partial charge in [-0.05, 0) is 36.6 Å². The van der Waals surface area contributed by atoms with E-state index < -0.39 is 10.8 Å². The maximum absolute atomic E-state index is 11.9. The molecule has 2 aromatic carbocycles. The highest BCUT2D eigenvalue weighted by atomic mass is 32.2. The van der Waals surface area contributed by atoms with Gasteiger partial charge < -0.3 is 10.6 Å². The van der Waals surface area contributed by atoms with E-state index in [0.717, 1.165) is 11.0 Å². The smallest absolute Gasteiger partial charge is 0.270 e. The van der Waals surface area contributed by atoms with E-state index in [2.05, 4.69) is 10.6 Å². The van der Waals surface area contributed by atoms with E-state index in [1.54, 1.807) is 23.9 Å². The van der Waals surface area contributed by atoms with Crippen LogP contribution in [0.4, 0.5) is 11.4 Å². The molecule has 0 heterocycles. The molecule has 7 nitrogen and oxygen atoms in total. The van der Waals surface area contributed by atoms with Crippen LogP contribution in [0.25, 0.3) is 0 Å². The summed E-state index contributed by atoms with van der Waals surface area (Å²) in [6.45, 7) is -0.230. The number of nitro groups is 1. The predicted octanol–water partition coefficient (Wildman–Crippen LogP) is 2.69.